The van der Waals surface area contributed by atoms with Crippen molar-refractivity contribution in [3.63, 3.8) is 0 Å². The summed E-state index contributed by atoms with van der Waals surface area (Å²) in [7, 11) is 0. The Balaban J connectivity index is 1.85. The molecule has 0 unspecified atom stereocenters. The number of ether oxygens (including phenoxy) is 1. The van der Waals surface area contributed by atoms with Gasteiger partial charge in [-0.25, -0.2) is 0 Å². The van der Waals surface area contributed by atoms with Crippen molar-refractivity contribution < 1.29 is 19.4 Å². The predicted octanol–water partition coefficient (Wildman–Crippen LogP) is 3.83. The molecule has 33 heavy (non-hydrogen) atoms. The van der Waals surface area contributed by atoms with Gasteiger partial charge in [-0.1, -0.05) is 18.2 Å². The smallest absolute Gasteiger partial charge is 0.295 e. The van der Waals surface area contributed by atoms with Crippen LogP contribution < -0.4 is 4.74 Å². The molecule has 1 aliphatic heterocycles. The Morgan fingerprint density at radius 2 is 1.91 bits per heavy atom. The zero-order valence-corrected chi connectivity index (χ0v) is 19.0. The second-order valence-corrected chi connectivity index (χ2v) is 8.33. The van der Waals surface area contributed by atoms with Crippen LogP contribution in [0.15, 0.2) is 54.4 Å². The molecule has 0 bridgehead atoms. The van der Waals surface area contributed by atoms with Crippen molar-refractivity contribution in [2.75, 3.05) is 0 Å². The molecule has 2 aromatic heterocycles. The van der Waals surface area contributed by atoms with E-state index in [9.17, 15) is 14.7 Å². The Morgan fingerprint density at radius 3 is 2.48 bits per heavy atom. The first-order valence-corrected chi connectivity index (χ1v) is 10.7. The Bertz CT molecular complexity index is 1190. The van der Waals surface area contributed by atoms with Crippen LogP contribution in [0.3, 0.4) is 0 Å². The number of likely N-dealkylation sites (tertiary alicyclic amines) is 1. The van der Waals surface area contributed by atoms with E-state index < -0.39 is 17.7 Å². The maximum atomic E-state index is 13.2. The van der Waals surface area contributed by atoms with Crippen LogP contribution in [0, 0.1) is 13.8 Å². The SMILES string of the molecule is Cc1n[nH]c(C)c1C(O)=C1C(=O)C(=O)N(Cc2cccnc2)[C@@H]1c1ccc(OC(C)C)cc1. The fourth-order valence-corrected chi connectivity index (χ4v) is 4.11. The van der Waals surface area contributed by atoms with Crippen LogP contribution in [-0.2, 0) is 16.1 Å². The van der Waals surface area contributed by atoms with Gasteiger partial charge in [-0.2, -0.15) is 5.10 Å². The third kappa shape index (κ3) is 4.24. The highest BCUT2D eigenvalue weighted by molar-refractivity contribution is 6.46. The van der Waals surface area contributed by atoms with Crippen LogP contribution >= 0.6 is 0 Å². The highest BCUT2D eigenvalue weighted by Gasteiger charge is 2.46. The normalized spacial score (nSPS) is 17.7. The minimum Gasteiger partial charge on any atom is -0.507 e. The number of hydrogen-bond donors (Lipinski definition) is 2. The highest BCUT2D eigenvalue weighted by Crippen LogP contribution is 2.41. The summed E-state index contributed by atoms with van der Waals surface area (Å²) in [6.45, 7) is 7.54. The molecule has 3 heterocycles. The van der Waals surface area contributed by atoms with E-state index in [1.54, 1.807) is 44.4 Å². The first-order valence-electron chi connectivity index (χ1n) is 10.7. The number of H-pyrrole nitrogens is 1. The van der Waals surface area contributed by atoms with E-state index in [1.807, 2.05) is 32.0 Å². The average molecular weight is 447 g/mol. The van der Waals surface area contributed by atoms with Crippen molar-refractivity contribution in [3.05, 3.63) is 82.4 Å². The standard InChI is InChI=1S/C25H26N4O4/c1-14(2)33-19-9-7-18(8-10-19)22-21(23(30)20-15(3)27-28-16(20)4)24(31)25(32)29(22)13-17-6-5-11-26-12-17/h5-12,14,22,30H,13H2,1-4H3,(H,27,28)/t22-/m1/s1. The fourth-order valence-electron chi connectivity index (χ4n) is 4.11. The number of rotatable bonds is 6. The highest BCUT2D eigenvalue weighted by atomic mass is 16.5. The molecule has 1 saturated heterocycles. The van der Waals surface area contributed by atoms with Gasteiger partial charge in [0, 0.05) is 24.6 Å². The number of aromatic nitrogens is 3. The first kappa shape index (κ1) is 22.3. The van der Waals surface area contributed by atoms with Crippen LogP contribution in [0.2, 0.25) is 0 Å². The van der Waals surface area contributed by atoms with Crippen LogP contribution in [-0.4, -0.2) is 43.0 Å². The van der Waals surface area contributed by atoms with Gasteiger partial charge in [0.05, 0.1) is 29.0 Å². The molecule has 0 spiro atoms. The van der Waals surface area contributed by atoms with E-state index in [4.69, 9.17) is 4.74 Å². The third-order valence-electron chi connectivity index (χ3n) is 5.55. The zero-order valence-electron chi connectivity index (χ0n) is 19.0. The number of benzene rings is 1. The van der Waals surface area contributed by atoms with Gasteiger partial charge < -0.3 is 14.7 Å². The van der Waals surface area contributed by atoms with E-state index in [0.717, 1.165) is 5.56 Å². The molecule has 3 aromatic rings. The zero-order chi connectivity index (χ0) is 23.7. The van der Waals surface area contributed by atoms with Gasteiger partial charge in [-0.05, 0) is 57.0 Å². The van der Waals surface area contributed by atoms with E-state index in [1.165, 1.54) is 4.90 Å². The molecule has 0 radical (unpaired) electrons. The Labute approximate surface area is 191 Å². The van der Waals surface area contributed by atoms with Crippen LogP contribution in [0.5, 0.6) is 5.75 Å². The van der Waals surface area contributed by atoms with E-state index in [0.29, 0.717) is 28.3 Å². The number of nitrogens with one attached hydrogen (secondary N) is 1. The molecular formula is C25H26N4O4. The largest absolute Gasteiger partial charge is 0.507 e. The van der Waals surface area contributed by atoms with Gasteiger partial charge in [-0.3, -0.25) is 19.7 Å². The number of ketones is 1. The Hall–Kier alpha value is -3.94. The summed E-state index contributed by atoms with van der Waals surface area (Å²) < 4.78 is 5.73. The van der Waals surface area contributed by atoms with E-state index in [-0.39, 0.29) is 24.0 Å². The first-order chi connectivity index (χ1) is 15.8. The molecule has 2 N–H and O–H groups in total. The number of aromatic amines is 1. The quantitative estimate of drug-likeness (QED) is 0.338. The lowest BCUT2D eigenvalue weighted by atomic mass is 9.94. The van der Waals surface area contributed by atoms with Crippen LogP contribution in [0.25, 0.3) is 5.76 Å². The van der Waals surface area contributed by atoms with Gasteiger partial charge in [0.15, 0.2) is 0 Å². The third-order valence-corrected chi connectivity index (χ3v) is 5.55. The van der Waals surface area contributed by atoms with Crippen molar-refractivity contribution in [1.29, 1.82) is 0 Å². The number of amides is 1. The minimum absolute atomic E-state index is 0.0131. The van der Waals surface area contributed by atoms with Crippen LogP contribution in [0.4, 0.5) is 0 Å². The molecule has 1 aliphatic rings. The lowest BCUT2D eigenvalue weighted by molar-refractivity contribution is -0.140. The molecule has 1 aromatic carbocycles. The van der Waals surface area contributed by atoms with Crippen molar-refractivity contribution in [1.82, 2.24) is 20.1 Å². The minimum atomic E-state index is -0.771. The molecule has 1 fully saturated rings. The topological polar surface area (TPSA) is 108 Å². The maximum absolute atomic E-state index is 13.2. The summed E-state index contributed by atoms with van der Waals surface area (Å²) in [5, 5.41) is 18.2. The predicted molar refractivity (Wildman–Crippen MR) is 122 cm³/mol. The second-order valence-electron chi connectivity index (χ2n) is 8.33. The van der Waals surface area contributed by atoms with Crippen molar-refractivity contribution >= 4 is 17.4 Å². The summed E-state index contributed by atoms with van der Waals surface area (Å²) in [6.07, 6.45) is 3.31. The number of aryl methyl sites for hydroxylation is 2. The van der Waals surface area contributed by atoms with Gasteiger partial charge >= 0.3 is 0 Å². The van der Waals surface area contributed by atoms with Crippen LogP contribution in [0.1, 0.15) is 48.0 Å². The van der Waals surface area contributed by atoms with Gasteiger partial charge in [0.1, 0.15) is 11.5 Å². The number of Topliss-reactive ketones (excluding diaryl/α,β-unsaturated/α-hetero) is 1. The molecular weight excluding hydrogens is 420 g/mol. The molecule has 0 saturated carbocycles. The lowest BCUT2D eigenvalue weighted by Crippen LogP contribution is -2.29. The van der Waals surface area contributed by atoms with E-state index in [2.05, 4.69) is 15.2 Å². The molecule has 1 atom stereocenters. The van der Waals surface area contributed by atoms with E-state index >= 15 is 0 Å². The lowest BCUT2D eigenvalue weighted by Gasteiger charge is -2.25. The number of pyridine rings is 1. The number of carbonyl (C=O) groups is 2. The summed E-state index contributed by atoms with van der Waals surface area (Å²) in [5.41, 5.74) is 3.09. The summed E-state index contributed by atoms with van der Waals surface area (Å²) in [4.78, 5) is 31.9. The van der Waals surface area contributed by atoms with Gasteiger partial charge in [0.2, 0.25) is 0 Å². The van der Waals surface area contributed by atoms with Crippen molar-refractivity contribution in [2.24, 2.45) is 0 Å². The summed E-state index contributed by atoms with van der Waals surface area (Å²) in [6, 6.07) is 10.1. The molecule has 8 nitrogen and oxygen atoms in total. The Morgan fingerprint density at radius 1 is 1.18 bits per heavy atom. The Kier molecular flexibility index (Phi) is 6.00. The second kappa shape index (κ2) is 8.90. The van der Waals surface area contributed by atoms with Crippen molar-refractivity contribution in [2.45, 2.75) is 46.4 Å². The average Bonchev–Trinajstić information content (AvgIpc) is 3.25. The molecule has 1 amide bonds. The fraction of sp³-hybridized carbons (Fsp3) is 0.280. The number of carbonyl (C=O) groups excluding carboxylic acids is 2. The monoisotopic (exact) mass is 446 g/mol. The number of nitrogens with zero attached hydrogens (tertiary/aromatic N) is 3. The maximum Gasteiger partial charge on any atom is 0.295 e. The molecule has 4 rings (SSSR count). The number of hydrogen-bond acceptors (Lipinski definition) is 6. The summed E-state index contributed by atoms with van der Waals surface area (Å²) >= 11 is 0. The molecule has 170 valence electrons. The van der Waals surface area contributed by atoms with Gasteiger partial charge in [0.25, 0.3) is 11.7 Å². The number of aliphatic hydroxyl groups excluding tert-OH is 1. The summed E-state index contributed by atoms with van der Waals surface area (Å²) in [5.74, 6) is -0.964. The number of aliphatic hydroxyl groups is 1. The molecule has 0 aliphatic carbocycles. The molecule has 8 heteroatoms. The van der Waals surface area contributed by atoms with Crippen molar-refractivity contribution in [3.8, 4) is 5.75 Å². The van der Waals surface area contributed by atoms with Gasteiger partial charge in [-0.15, -0.1) is 0 Å².